The Morgan fingerprint density at radius 1 is 0.900 bits per heavy atom. The molecule has 0 bridgehead atoms. The first-order chi connectivity index (χ1) is 14.2. The van der Waals surface area contributed by atoms with Gasteiger partial charge in [-0.15, -0.1) is 0 Å². The predicted octanol–water partition coefficient (Wildman–Crippen LogP) is 7.85. The number of anilines is 1. The van der Waals surface area contributed by atoms with Crippen LogP contribution in [-0.2, 0) is 0 Å². The molecule has 1 N–H and O–H groups in total. The van der Waals surface area contributed by atoms with Crippen LogP contribution in [0.5, 0.6) is 0 Å². The van der Waals surface area contributed by atoms with Gasteiger partial charge in [0.2, 0.25) is 0 Å². The molecule has 0 aliphatic carbocycles. The molecule has 5 heteroatoms. The smallest absolute Gasteiger partial charge is 0.0866 e. The second kappa shape index (κ2) is 9.03. The normalized spacial score (nSPS) is 11.5. The van der Waals surface area contributed by atoms with Gasteiger partial charge < -0.3 is 5.32 Å². The summed E-state index contributed by atoms with van der Waals surface area (Å²) in [5.41, 5.74) is 8.87. The number of aliphatic imine (C=N–C) groups is 1. The zero-order chi connectivity index (χ0) is 22.0. The maximum Gasteiger partial charge on any atom is 0.0866 e. The van der Waals surface area contributed by atoms with Gasteiger partial charge >= 0.3 is 0 Å². The molecule has 154 valence electrons. The number of hydrogen-bond acceptors (Lipinski definition) is 3. The molecule has 0 aliphatic rings. The van der Waals surface area contributed by atoms with Crippen LogP contribution in [0.4, 0.5) is 11.4 Å². The average molecular weight is 438 g/mol. The van der Waals surface area contributed by atoms with E-state index in [2.05, 4.69) is 24.0 Å². The third kappa shape index (κ3) is 4.92. The fraction of sp³-hybridized carbons (Fsp3) is 0.200. The molecule has 3 nitrogen and oxygen atoms in total. The van der Waals surface area contributed by atoms with Gasteiger partial charge in [-0.05, 0) is 81.1 Å². The van der Waals surface area contributed by atoms with Crippen LogP contribution in [0, 0.1) is 27.7 Å². The molecule has 30 heavy (non-hydrogen) atoms. The van der Waals surface area contributed by atoms with E-state index in [-0.39, 0.29) is 0 Å². The maximum absolute atomic E-state index is 6.42. The lowest BCUT2D eigenvalue weighted by Gasteiger charge is -2.15. The fourth-order valence-electron chi connectivity index (χ4n) is 3.37. The van der Waals surface area contributed by atoms with Gasteiger partial charge in [0.05, 0.1) is 44.2 Å². The van der Waals surface area contributed by atoms with E-state index in [0.717, 1.165) is 50.7 Å². The van der Waals surface area contributed by atoms with Crippen LogP contribution in [0.2, 0.25) is 10.0 Å². The third-order valence-electron chi connectivity index (χ3n) is 4.81. The van der Waals surface area contributed by atoms with Crippen LogP contribution >= 0.6 is 23.2 Å². The van der Waals surface area contributed by atoms with Crippen LogP contribution < -0.4 is 5.32 Å². The number of benzene rings is 2. The van der Waals surface area contributed by atoms with Crippen LogP contribution in [0.3, 0.4) is 0 Å². The van der Waals surface area contributed by atoms with Gasteiger partial charge in [0, 0.05) is 0 Å². The number of pyridine rings is 1. The van der Waals surface area contributed by atoms with Crippen molar-refractivity contribution in [2.45, 2.75) is 34.6 Å². The van der Waals surface area contributed by atoms with Gasteiger partial charge in [-0.1, -0.05) is 48.0 Å². The van der Waals surface area contributed by atoms with Crippen LogP contribution in [0.15, 0.2) is 54.0 Å². The summed E-state index contributed by atoms with van der Waals surface area (Å²) < 4.78 is 0. The minimum absolute atomic E-state index is 0.638. The molecule has 0 spiro atoms. The zero-order valence-corrected chi connectivity index (χ0v) is 19.4. The van der Waals surface area contributed by atoms with E-state index in [9.17, 15) is 0 Å². The molecule has 2 aromatic carbocycles. The van der Waals surface area contributed by atoms with Gasteiger partial charge in [0.1, 0.15) is 0 Å². The lowest BCUT2D eigenvalue weighted by Crippen LogP contribution is -2.06. The van der Waals surface area contributed by atoms with Crippen molar-refractivity contribution in [2.75, 3.05) is 5.32 Å². The van der Waals surface area contributed by atoms with Crippen LogP contribution in [-0.4, -0.2) is 10.7 Å². The van der Waals surface area contributed by atoms with Crippen molar-refractivity contribution in [3.63, 3.8) is 0 Å². The number of nitrogens with one attached hydrogen (secondary N) is 1. The summed E-state index contributed by atoms with van der Waals surface area (Å²) in [6, 6.07) is 13.8. The molecule has 1 heterocycles. The number of nitrogens with zero attached hydrogens (tertiary/aromatic N) is 2. The van der Waals surface area contributed by atoms with E-state index in [0.29, 0.717) is 15.7 Å². The highest BCUT2D eigenvalue weighted by Crippen LogP contribution is 2.31. The highest BCUT2D eigenvalue weighted by molar-refractivity contribution is 6.34. The number of rotatable bonds is 5. The van der Waals surface area contributed by atoms with Crippen molar-refractivity contribution in [1.29, 1.82) is 0 Å². The first-order valence-corrected chi connectivity index (χ1v) is 10.4. The lowest BCUT2D eigenvalue weighted by molar-refractivity contribution is 1.23. The van der Waals surface area contributed by atoms with E-state index in [1.165, 1.54) is 0 Å². The summed E-state index contributed by atoms with van der Waals surface area (Å²) in [6.45, 7) is 14.1. The minimum Gasteiger partial charge on any atom is -0.353 e. The Morgan fingerprint density at radius 2 is 1.50 bits per heavy atom. The summed E-state index contributed by atoms with van der Waals surface area (Å²) in [6.07, 6.45) is 0. The highest BCUT2D eigenvalue weighted by atomic mass is 35.5. The Hall–Kier alpha value is -2.62. The summed E-state index contributed by atoms with van der Waals surface area (Å²) in [4.78, 5) is 9.48. The Morgan fingerprint density at radius 3 is 2.13 bits per heavy atom. The average Bonchev–Trinajstić information content (AvgIpc) is 2.67. The molecular formula is C25H25Cl2N3. The lowest BCUT2D eigenvalue weighted by atomic mass is 10.1. The second-order valence-electron chi connectivity index (χ2n) is 7.56. The molecule has 0 amide bonds. The molecule has 0 aliphatic heterocycles. The van der Waals surface area contributed by atoms with E-state index >= 15 is 0 Å². The molecular weight excluding hydrogens is 413 g/mol. The number of halogens is 2. The Kier molecular flexibility index (Phi) is 6.64. The van der Waals surface area contributed by atoms with Crippen molar-refractivity contribution in [2.24, 2.45) is 4.99 Å². The first-order valence-electron chi connectivity index (χ1n) is 9.68. The maximum atomic E-state index is 6.42. The minimum atomic E-state index is 0.638. The molecule has 0 radical (unpaired) electrons. The molecule has 0 atom stereocenters. The van der Waals surface area contributed by atoms with E-state index in [1.54, 1.807) is 0 Å². The van der Waals surface area contributed by atoms with Crippen molar-refractivity contribution in [3.05, 3.63) is 92.7 Å². The van der Waals surface area contributed by atoms with Crippen LogP contribution in [0.1, 0.15) is 40.6 Å². The third-order valence-corrected chi connectivity index (χ3v) is 5.40. The Labute approximate surface area is 188 Å². The summed E-state index contributed by atoms with van der Waals surface area (Å²) in [5, 5.41) is 4.61. The number of aromatic nitrogens is 1. The fourth-order valence-corrected chi connectivity index (χ4v) is 4.10. The number of hydrogen-bond donors (Lipinski definition) is 1. The van der Waals surface area contributed by atoms with Gasteiger partial charge in [-0.2, -0.15) is 0 Å². The van der Waals surface area contributed by atoms with Crippen molar-refractivity contribution >= 4 is 46.0 Å². The first kappa shape index (κ1) is 22.1. The summed E-state index contributed by atoms with van der Waals surface area (Å²) in [5.74, 6) is 0. The molecule has 0 unspecified atom stereocenters. The Balaban J connectivity index is 1.90. The summed E-state index contributed by atoms with van der Waals surface area (Å²) >= 11 is 12.8. The highest BCUT2D eigenvalue weighted by Gasteiger charge is 2.11. The molecule has 0 fully saturated rings. The topological polar surface area (TPSA) is 37.3 Å². The molecule has 0 saturated carbocycles. The van der Waals surface area contributed by atoms with Crippen LogP contribution in [0.25, 0.3) is 5.70 Å². The molecule has 1 aromatic heterocycles. The van der Waals surface area contributed by atoms with E-state index in [4.69, 9.17) is 33.2 Å². The van der Waals surface area contributed by atoms with Gasteiger partial charge in [-0.25, -0.2) is 9.98 Å². The van der Waals surface area contributed by atoms with E-state index < -0.39 is 0 Å². The SMILES string of the molecule is C=C(Nc1c(C)cc(C)cc1Cl)c1cccc(/C(C)=N/c2c(C)cc(C)cc2Cl)n1. The van der Waals surface area contributed by atoms with Gasteiger partial charge in [0.15, 0.2) is 0 Å². The second-order valence-corrected chi connectivity index (χ2v) is 8.37. The monoisotopic (exact) mass is 437 g/mol. The van der Waals surface area contributed by atoms with Crippen molar-refractivity contribution in [3.8, 4) is 0 Å². The van der Waals surface area contributed by atoms with E-state index in [1.807, 2.05) is 65.0 Å². The standard InChI is InChI=1S/C25H25Cl2N3/c1-14-10-16(3)24(20(26)12-14)28-18(5)22-8-7-9-23(30-22)19(6)29-25-17(4)11-15(2)13-21(25)27/h7-13,28H,5H2,1-4,6H3/b29-19+. The molecule has 3 rings (SSSR count). The predicted molar refractivity (Wildman–Crippen MR) is 131 cm³/mol. The quantitative estimate of drug-likeness (QED) is 0.412. The molecule has 0 saturated heterocycles. The van der Waals surface area contributed by atoms with Crippen molar-refractivity contribution < 1.29 is 0 Å². The van der Waals surface area contributed by atoms with Gasteiger partial charge in [-0.3, -0.25) is 0 Å². The zero-order valence-electron chi connectivity index (χ0n) is 17.9. The molecule has 3 aromatic rings. The van der Waals surface area contributed by atoms with Crippen molar-refractivity contribution in [1.82, 2.24) is 4.98 Å². The number of aryl methyl sites for hydroxylation is 4. The summed E-state index contributed by atoms with van der Waals surface area (Å²) in [7, 11) is 0. The largest absolute Gasteiger partial charge is 0.353 e. The van der Waals surface area contributed by atoms with Gasteiger partial charge in [0.25, 0.3) is 0 Å². The Bertz CT molecular complexity index is 1120.